The van der Waals surface area contributed by atoms with E-state index in [-0.39, 0.29) is 12.5 Å². The second kappa shape index (κ2) is 11.9. The Morgan fingerprint density at radius 3 is 2.24 bits per heavy atom. The van der Waals surface area contributed by atoms with Crippen molar-refractivity contribution in [2.75, 3.05) is 27.3 Å². The van der Waals surface area contributed by atoms with E-state index >= 15 is 0 Å². The van der Waals surface area contributed by atoms with Gasteiger partial charge in [0.05, 0.1) is 26.9 Å². The molecule has 6 nitrogen and oxygen atoms in total. The first-order valence-electron chi connectivity index (χ1n) is 10.9. The molecule has 3 rings (SSSR count). The molecule has 0 fully saturated rings. The van der Waals surface area contributed by atoms with Gasteiger partial charge in [0.1, 0.15) is 12.4 Å². The SMILES string of the molecule is COc1ccc(CCN(CC(O)c2ccc(OCc3ccccc3)cc2)C(C)=O)cc1OC. The van der Waals surface area contributed by atoms with Crippen LogP contribution in [0.2, 0.25) is 0 Å². The predicted octanol–water partition coefficient (Wildman–Crippen LogP) is 4.41. The van der Waals surface area contributed by atoms with E-state index in [1.165, 1.54) is 6.92 Å². The fraction of sp³-hybridized carbons (Fsp3) is 0.296. The number of carbonyl (C=O) groups excluding carboxylic acids is 1. The zero-order valence-corrected chi connectivity index (χ0v) is 19.4. The summed E-state index contributed by atoms with van der Waals surface area (Å²) in [4.78, 5) is 13.8. The lowest BCUT2D eigenvalue weighted by molar-refractivity contribution is -0.130. The number of carbonyl (C=O) groups is 1. The van der Waals surface area contributed by atoms with Crippen molar-refractivity contribution in [3.05, 3.63) is 89.5 Å². The van der Waals surface area contributed by atoms with Crippen LogP contribution in [0.4, 0.5) is 0 Å². The molecule has 1 amide bonds. The summed E-state index contributed by atoms with van der Waals surface area (Å²) >= 11 is 0. The van der Waals surface area contributed by atoms with Crippen LogP contribution in [0.3, 0.4) is 0 Å². The van der Waals surface area contributed by atoms with Crippen LogP contribution in [0.15, 0.2) is 72.8 Å². The lowest BCUT2D eigenvalue weighted by Crippen LogP contribution is -2.34. The van der Waals surface area contributed by atoms with Gasteiger partial charge >= 0.3 is 0 Å². The Bertz CT molecular complexity index is 1020. The quantitative estimate of drug-likeness (QED) is 0.470. The van der Waals surface area contributed by atoms with Crippen LogP contribution < -0.4 is 14.2 Å². The van der Waals surface area contributed by atoms with Gasteiger partial charge in [-0.2, -0.15) is 0 Å². The molecular formula is C27H31NO5. The summed E-state index contributed by atoms with van der Waals surface area (Å²) < 4.78 is 16.4. The normalized spacial score (nSPS) is 11.5. The monoisotopic (exact) mass is 449 g/mol. The molecule has 0 bridgehead atoms. The molecule has 33 heavy (non-hydrogen) atoms. The minimum absolute atomic E-state index is 0.0858. The van der Waals surface area contributed by atoms with Crippen LogP contribution in [0.5, 0.6) is 17.2 Å². The van der Waals surface area contributed by atoms with E-state index in [2.05, 4.69) is 0 Å². The van der Waals surface area contributed by atoms with Crippen molar-refractivity contribution >= 4 is 5.91 Å². The third-order valence-electron chi connectivity index (χ3n) is 5.47. The Balaban J connectivity index is 1.56. The number of aliphatic hydroxyl groups excluding tert-OH is 1. The lowest BCUT2D eigenvalue weighted by atomic mass is 10.1. The number of rotatable bonds is 11. The van der Waals surface area contributed by atoms with Gasteiger partial charge in [-0.15, -0.1) is 0 Å². The van der Waals surface area contributed by atoms with Crippen molar-refractivity contribution in [1.82, 2.24) is 4.90 Å². The molecule has 174 valence electrons. The highest BCUT2D eigenvalue weighted by Gasteiger charge is 2.16. The van der Waals surface area contributed by atoms with Gasteiger partial charge in [0, 0.05) is 13.5 Å². The van der Waals surface area contributed by atoms with Crippen molar-refractivity contribution in [2.24, 2.45) is 0 Å². The number of amides is 1. The van der Waals surface area contributed by atoms with Gasteiger partial charge in [-0.05, 0) is 47.4 Å². The average Bonchev–Trinajstić information content (AvgIpc) is 2.85. The van der Waals surface area contributed by atoms with Crippen molar-refractivity contribution < 1.29 is 24.1 Å². The Morgan fingerprint density at radius 2 is 1.61 bits per heavy atom. The van der Waals surface area contributed by atoms with E-state index in [9.17, 15) is 9.90 Å². The Kier molecular flexibility index (Phi) is 8.72. The van der Waals surface area contributed by atoms with Crippen LogP contribution in [0.1, 0.15) is 29.7 Å². The molecule has 0 spiro atoms. The summed E-state index contributed by atoms with van der Waals surface area (Å²) in [7, 11) is 3.19. The smallest absolute Gasteiger partial charge is 0.219 e. The van der Waals surface area contributed by atoms with Gasteiger partial charge in [0.2, 0.25) is 5.91 Å². The summed E-state index contributed by atoms with van der Waals surface area (Å²) in [5.74, 6) is 1.96. The van der Waals surface area contributed by atoms with Crippen LogP contribution in [0.25, 0.3) is 0 Å². The van der Waals surface area contributed by atoms with E-state index in [1.54, 1.807) is 19.1 Å². The molecule has 3 aromatic carbocycles. The molecule has 0 heterocycles. The van der Waals surface area contributed by atoms with Gasteiger partial charge in [-0.1, -0.05) is 48.5 Å². The third-order valence-corrected chi connectivity index (χ3v) is 5.47. The Morgan fingerprint density at radius 1 is 0.909 bits per heavy atom. The highest BCUT2D eigenvalue weighted by Crippen LogP contribution is 2.28. The number of aliphatic hydroxyl groups is 1. The molecule has 6 heteroatoms. The second-order valence-electron chi connectivity index (χ2n) is 7.76. The predicted molar refractivity (Wildman–Crippen MR) is 128 cm³/mol. The molecule has 1 N–H and O–H groups in total. The van der Waals surface area contributed by atoms with Gasteiger partial charge in [-0.25, -0.2) is 0 Å². The number of hydrogen-bond acceptors (Lipinski definition) is 5. The molecule has 0 saturated carbocycles. The van der Waals surface area contributed by atoms with Crippen LogP contribution in [-0.4, -0.2) is 43.2 Å². The molecule has 0 aromatic heterocycles. The van der Waals surface area contributed by atoms with Crippen molar-refractivity contribution in [2.45, 2.75) is 26.1 Å². The highest BCUT2D eigenvalue weighted by molar-refractivity contribution is 5.73. The fourth-order valence-electron chi connectivity index (χ4n) is 3.52. The maximum Gasteiger partial charge on any atom is 0.219 e. The summed E-state index contributed by atoms with van der Waals surface area (Å²) in [6.45, 7) is 2.70. The minimum atomic E-state index is -0.789. The maximum atomic E-state index is 12.2. The molecular weight excluding hydrogens is 418 g/mol. The summed E-state index contributed by atoms with van der Waals surface area (Å²) in [5, 5.41) is 10.7. The molecule has 0 aliphatic heterocycles. The number of methoxy groups -OCH3 is 2. The van der Waals surface area contributed by atoms with E-state index in [0.717, 1.165) is 22.4 Å². The van der Waals surface area contributed by atoms with E-state index in [1.807, 2.05) is 72.8 Å². The Hall–Kier alpha value is -3.51. The standard InChI is InChI=1S/C27H31NO5/c1-20(29)28(16-15-21-9-14-26(31-2)27(17-21)32-3)18-25(30)23-10-12-24(13-11-23)33-19-22-7-5-4-6-8-22/h4-14,17,25,30H,15-16,18-19H2,1-3H3. The molecule has 0 radical (unpaired) electrons. The van der Waals surface area contributed by atoms with Crippen molar-refractivity contribution in [1.29, 1.82) is 0 Å². The third kappa shape index (κ3) is 6.99. The van der Waals surface area contributed by atoms with Gasteiger partial charge in [0.15, 0.2) is 11.5 Å². The molecule has 3 aromatic rings. The Labute approximate surface area is 195 Å². The van der Waals surface area contributed by atoms with E-state index < -0.39 is 6.10 Å². The van der Waals surface area contributed by atoms with Crippen molar-refractivity contribution in [3.63, 3.8) is 0 Å². The number of hydrogen-bond donors (Lipinski definition) is 1. The van der Waals surface area contributed by atoms with Gasteiger partial charge < -0.3 is 24.2 Å². The molecule has 1 atom stereocenters. The first-order chi connectivity index (χ1) is 16.0. The molecule has 0 saturated heterocycles. The first-order valence-corrected chi connectivity index (χ1v) is 10.9. The number of ether oxygens (including phenoxy) is 3. The summed E-state index contributed by atoms with van der Waals surface area (Å²) in [5.41, 5.74) is 2.85. The highest BCUT2D eigenvalue weighted by atomic mass is 16.5. The zero-order valence-electron chi connectivity index (χ0n) is 19.4. The van der Waals surface area contributed by atoms with E-state index in [0.29, 0.717) is 31.1 Å². The lowest BCUT2D eigenvalue weighted by Gasteiger charge is -2.24. The number of nitrogens with zero attached hydrogens (tertiary/aromatic N) is 1. The number of benzene rings is 3. The largest absolute Gasteiger partial charge is 0.493 e. The van der Waals surface area contributed by atoms with Crippen LogP contribution in [0, 0.1) is 0 Å². The summed E-state index contributed by atoms with van der Waals surface area (Å²) in [6, 6.07) is 23.0. The fourth-order valence-corrected chi connectivity index (χ4v) is 3.52. The zero-order chi connectivity index (χ0) is 23.6. The van der Waals surface area contributed by atoms with Crippen LogP contribution in [-0.2, 0) is 17.8 Å². The average molecular weight is 450 g/mol. The minimum Gasteiger partial charge on any atom is -0.493 e. The first kappa shape index (κ1) is 24.1. The van der Waals surface area contributed by atoms with Gasteiger partial charge in [-0.3, -0.25) is 4.79 Å². The molecule has 0 aliphatic rings. The molecule has 1 unspecified atom stereocenters. The van der Waals surface area contributed by atoms with Crippen molar-refractivity contribution in [3.8, 4) is 17.2 Å². The molecule has 0 aliphatic carbocycles. The second-order valence-corrected chi connectivity index (χ2v) is 7.76. The van der Waals surface area contributed by atoms with Crippen LogP contribution >= 0.6 is 0 Å². The topological polar surface area (TPSA) is 68.2 Å². The maximum absolute atomic E-state index is 12.2. The summed E-state index contributed by atoms with van der Waals surface area (Å²) in [6.07, 6.45) is -0.152. The van der Waals surface area contributed by atoms with E-state index in [4.69, 9.17) is 14.2 Å². The van der Waals surface area contributed by atoms with Gasteiger partial charge in [0.25, 0.3) is 0 Å².